The van der Waals surface area contributed by atoms with Crippen LogP contribution in [0.4, 0.5) is 0 Å². The van der Waals surface area contributed by atoms with E-state index in [4.69, 9.17) is 9.47 Å². The fourth-order valence-corrected chi connectivity index (χ4v) is 4.16. The highest BCUT2D eigenvalue weighted by Gasteiger charge is 2.34. The van der Waals surface area contributed by atoms with E-state index in [0.29, 0.717) is 5.92 Å². The maximum absolute atomic E-state index is 5.75. The molecule has 0 aromatic rings. The van der Waals surface area contributed by atoms with Gasteiger partial charge in [-0.3, -0.25) is 0 Å². The Labute approximate surface area is 123 Å². The van der Waals surface area contributed by atoms with Gasteiger partial charge in [0.2, 0.25) is 0 Å². The summed E-state index contributed by atoms with van der Waals surface area (Å²) >= 11 is 0. The Hall–Kier alpha value is -0.340. The molecule has 0 N–H and O–H groups in total. The van der Waals surface area contributed by atoms with Gasteiger partial charge in [-0.05, 0) is 49.9 Å². The first-order valence-corrected chi connectivity index (χ1v) is 8.75. The van der Waals surface area contributed by atoms with Gasteiger partial charge in [-0.15, -0.1) is 0 Å². The smallest absolute Gasteiger partial charge is 0.0517 e. The average Bonchev–Trinajstić information content (AvgIpc) is 3.18. The second-order valence-electron chi connectivity index (χ2n) is 7.05. The molecule has 4 unspecified atom stereocenters. The van der Waals surface area contributed by atoms with Crippen molar-refractivity contribution in [2.75, 3.05) is 26.4 Å². The second kappa shape index (κ2) is 7.61. The first-order valence-electron chi connectivity index (χ1n) is 8.75. The molecule has 2 heteroatoms. The highest BCUT2D eigenvalue weighted by molar-refractivity contribution is 5.09. The summed E-state index contributed by atoms with van der Waals surface area (Å²) in [6.07, 6.45) is 15.9. The van der Waals surface area contributed by atoms with Gasteiger partial charge in [0.1, 0.15) is 0 Å². The number of hydrogen-bond donors (Lipinski definition) is 0. The molecule has 114 valence electrons. The zero-order valence-electron chi connectivity index (χ0n) is 12.8. The normalized spacial score (nSPS) is 35.2. The first kappa shape index (κ1) is 14.6. The van der Waals surface area contributed by atoms with Crippen molar-refractivity contribution in [3.63, 3.8) is 0 Å². The molecule has 2 fully saturated rings. The number of allylic oxidation sites excluding steroid dienone is 2. The lowest BCUT2D eigenvalue weighted by Crippen LogP contribution is -2.10. The van der Waals surface area contributed by atoms with Crippen LogP contribution in [0.2, 0.25) is 0 Å². The molecule has 1 aliphatic heterocycles. The van der Waals surface area contributed by atoms with Crippen LogP contribution in [-0.2, 0) is 9.47 Å². The second-order valence-corrected chi connectivity index (χ2v) is 7.05. The summed E-state index contributed by atoms with van der Waals surface area (Å²) in [5.41, 5.74) is 0. The maximum Gasteiger partial charge on any atom is 0.0517 e. The molecule has 0 radical (unpaired) electrons. The topological polar surface area (TPSA) is 18.5 Å². The van der Waals surface area contributed by atoms with Gasteiger partial charge in [0.25, 0.3) is 0 Å². The molecule has 2 aliphatic carbocycles. The third-order valence-corrected chi connectivity index (χ3v) is 5.41. The molecule has 2 bridgehead atoms. The lowest BCUT2D eigenvalue weighted by molar-refractivity contribution is 0.0870. The molecule has 0 spiro atoms. The lowest BCUT2D eigenvalue weighted by atomic mass is 9.88. The SMILES string of the molecule is C1=CC2CC1CC2CCCCCCOCC1CCOC1. The van der Waals surface area contributed by atoms with Crippen molar-refractivity contribution in [2.45, 2.75) is 51.4 Å². The lowest BCUT2D eigenvalue weighted by Gasteiger charge is -2.17. The molecule has 20 heavy (non-hydrogen) atoms. The summed E-state index contributed by atoms with van der Waals surface area (Å²) in [5.74, 6) is 3.57. The van der Waals surface area contributed by atoms with E-state index in [1.807, 2.05) is 0 Å². The van der Waals surface area contributed by atoms with Gasteiger partial charge in [-0.1, -0.05) is 31.4 Å². The predicted octanol–water partition coefficient (Wildman–Crippen LogP) is 4.20. The van der Waals surface area contributed by atoms with E-state index in [9.17, 15) is 0 Å². The van der Waals surface area contributed by atoms with E-state index in [0.717, 1.165) is 44.2 Å². The number of fused-ring (bicyclic) bond motifs is 2. The van der Waals surface area contributed by atoms with Gasteiger partial charge in [-0.25, -0.2) is 0 Å². The van der Waals surface area contributed by atoms with Gasteiger partial charge in [0, 0.05) is 19.1 Å². The van der Waals surface area contributed by atoms with E-state index in [-0.39, 0.29) is 0 Å². The summed E-state index contributed by atoms with van der Waals surface area (Å²) < 4.78 is 11.1. The van der Waals surface area contributed by atoms with Crippen molar-refractivity contribution in [1.82, 2.24) is 0 Å². The van der Waals surface area contributed by atoms with E-state index < -0.39 is 0 Å². The average molecular weight is 278 g/mol. The minimum atomic E-state index is 0.667. The monoisotopic (exact) mass is 278 g/mol. The van der Waals surface area contributed by atoms with Crippen LogP contribution in [0, 0.1) is 23.7 Å². The van der Waals surface area contributed by atoms with Crippen LogP contribution in [0.5, 0.6) is 0 Å². The van der Waals surface area contributed by atoms with Crippen molar-refractivity contribution >= 4 is 0 Å². The fourth-order valence-electron chi connectivity index (χ4n) is 4.16. The zero-order chi connectivity index (χ0) is 13.6. The third kappa shape index (κ3) is 4.08. The molecule has 0 amide bonds. The van der Waals surface area contributed by atoms with E-state index >= 15 is 0 Å². The molecule has 1 saturated carbocycles. The molecule has 2 nitrogen and oxygen atoms in total. The van der Waals surface area contributed by atoms with Crippen molar-refractivity contribution < 1.29 is 9.47 Å². The summed E-state index contributed by atoms with van der Waals surface area (Å²) in [6.45, 7) is 3.72. The molecule has 0 aromatic heterocycles. The Balaban J connectivity index is 1.12. The van der Waals surface area contributed by atoms with Crippen LogP contribution in [-0.4, -0.2) is 26.4 Å². The van der Waals surface area contributed by atoms with Crippen LogP contribution in [0.15, 0.2) is 12.2 Å². The van der Waals surface area contributed by atoms with E-state index in [1.165, 1.54) is 51.4 Å². The standard InChI is InChI=1S/C18H30O2/c1(2-4-9-19-13-16-8-10-20-14-16)3-5-17-11-15-6-7-18(17)12-15/h6-7,15-18H,1-5,8-14H2. The van der Waals surface area contributed by atoms with Crippen molar-refractivity contribution in [1.29, 1.82) is 0 Å². The van der Waals surface area contributed by atoms with Crippen LogP contribution < -0.4 is 0 Å². The number of hydrogen-bond acceptors (Lipinski definition) is 2. The Morgan fingerprint density at radius 1 is 1.05 bits per heavy atom. The molecule has 0 aromatic carbocycles. The first-order chi connectivity index (χ1) is 9.92. The Bertz CT molecular complexity index is 307. The zero-order valence-corrected chi connectivity index (χ0v) is 12.8. The minimum absolute atomic E-state index is 0.667. The maximum atomic E-state index is 5.75. The highest BCUT2D eigenvalue weighted by atomic mass is 16.5. The van der Waals surface area contributed by atoms with E-state index in [1.54, 1.807) is 0 Å². The fraction of sp³-hybridized carbons (Fsp3) is 0.889. The Kier molecular flexibility index (Phi) is 5.55. The summed E-state index contributed by atoms with van der Waals surface area (Å²) in [6, 6.07) is 0. The van der Waals surface area contributed by atoms with Crippen LogP contribution in [0.25, 0.3) is 0 Å². The Morgan fingerprint density at radius 3 is 2.75 bits per heavy atom. The number of rotatable bonds is 9. The van der Waals surface area contributed by atoms with Crippen LogP contribution >= 0.6 is 0 Å². The Morgan fingerprint density at radius 2 is 2.00 bits per heavy atom. The van der Waals surface area contributed by atoms with Gasteiger partial charge >= 0.3 is 0 Å². The molecule has 4 atom stereocenters. The summed E-state index contributed by atoms with van der Waals surface area (Å²) in [7, 11) is 0. The molecule has 3 aliphatic rings. The van der Waals surface area contributed by atoms with Gasteiger partial charge in [0.05, 0.1) is 13.2 Å². The van der Waals surface area contributed by atoms with Crippen molar-refractivity contribution in [3.05, 3.63) is 12.2 Å². The van der Waals surface area contributed by atoms with Gasteiger partial charge in [-0.2, -0.15) is 0 Å². The van der Waals surface area contributed by atoms with Crippen molar-refractivity contribution in [3.8, 4) is 0 Å². The third-order valence-electron chi connectivity index (χ3n) is 5.41. The molecule has 3 rings (SSSR count). The molecular formula is C18H30O2. The summed E-state index contributed by atoms with van der Waals surface area (Å²) in [4.78, 5) is 0. The van der Waals surface area contributed by atoms with Gasteiger partial charge in [0.15, 0.2) is 0 Å². The quantitative estimate of drug-likeness (QED) is 0.465. The molecule has 1 heterocycles. The van der Waals surface area contributed by atoms with Gasteiger partial charge < -0.3 is 9.47 Å². The highest BCUT2D eigenvalue weighted by Crippen LogP contribution is 2.45. The number of unbranched alkanes of at least 4 members (excludes halogenated alkanes) is 3. The minimum Gasteiger partial charge on any atom is -0.381 e. The summed E-state index contributed by atoms with van der Waals surface area (Å²) in [5, 5.41) is 0. The predicted molar refractivity (Wildman–Crippen MR) is 81.7 cm³/mol. The van der Waals surface area contributed by atoms with E-state index in [2.05, 4.69) is 12.2 Å². The van der Waals surface area contributed by atoms with Crippen molar-refractivity contribution in [2.24, 2.45) is 23.7 Å². The molecular weight excluding hydrogens is 248 g/mol. The van der Waals surface area contributed by atoms with Crippen LogP contribution in [0.1, 0.15) is 51.4 Å². The van der Waals surface area contributed by atoms with Crippen LogP contribution in [0.3, 0.4) is 0 Å². The largest absolute Gasteiger partial charge is 0.381 e. The number of ether oxygens (including phenoxy) is 2. The molecule has 1 saturated heterocycles.